The van der Waals surface area contributed by atoms with Crippen molar-refractivity contribution >= 4 is 11.7 Å². The van der Waals surface area contributed by atoms with Gasteiger partial charge in [-0.2, -0.15) is 0 Å². The van der Waals surface area contributed by atoms with Crippen LogP contribution in [0.25, 0.3) is 0 Å². The molecule has 1 N–H and O–H groups in total. The van der Waals surface area contributed by atoms with Crippen molar-refractivity contribution in [2.24, 2.45) is 0 Å². The molecule has 4 heteroatoms. The number of anilines is 1. The van der Waals surface area contributed by atoms with Crippen LogP contribution in [0.15, 0.2) is 30.3 Å². The normalized spacial score (nSPS) is 13.9. The predicted octanol–water partition coefficient (Wildman–Crippen LogP) is 2.44. The third-order valence-electron chi connectivity index (χ3n) is 3.25. The minimum atomic E-state index is -0.727. The maximum absolute atomic E-state index is 12.1. The first kappa shape index (κ1) is 16.5. The lowest BCUT2D eigenvalue weighted by Crippen LogP contribution is -2.59. The fraction of sp³-hybridized carbons (Fsp3) is 0.562. The van der Waals surface area contributed by atoms with Gasteiger partial charge in [0.05, 0.1) is 7.11 Å². The average molecular weight is 278 g/mol. The van der Waals surface area contributed by atoms with Gasteiger partial charge < -0.3 is 9.64 Å². The Morgan fingerprint density at radius 1 is 1.35 bits per heavy atom. The maximum atomic E-state index is 12.1. The quantitative estimate of drug-likeness (QED) is 0.778. The molecule has 0 spiro atoms. The van der Waals surface area contributed by atoms with Crippen LogP contribution in [0.1, 0.15) is 27.7 Å². The second kappa shape index (κ2) is 7.29. The molecular formula is C16H26N2O2. The van der Waals surface area contributed by atoms with E-state index in [1.165, 1.54) is 7.11 Å². The third kappa shape index (κ3) is 4.23. The Labute approximate surface area is 122 Å². The minimum Gasteiger partial charge on any atom is -0.468 e. The Kier molecular flexibility index (Phi) is 6.02. The van der Waals surface area contributed by atoms with E-state index in [-0.39, 0.29) is 12.0 Å². The van der Waals surface area contributed by atoms with Crippen molar-refractivity contribution in [2.45, 2.75) is 39.3 Å². The number of carbonyl (C=O) groups is 1. The van der Waals surface area contributed by atoms with E-state index < -0.39 is 5.54 Å². The Balaban J connectivity index is 2.95. The van der Waals surface area contributed by atoms with Gasteiger partial charge in [-0.05, 0) is 39.8 Å². The number of para-hydroxylation sites is 1. The highest BCUT2D eigenvalue weighted by molar-refractivity contribution is 5.81. The number of benzene rings is 1. The summed E-state index contributed by atoms with van der Waals surface area (Å²) in [5.41, 5.74) is 0.380. The van der Waals surface area contributed by atoms with Gasteiger partial charge in [0.2, 0.25) is 0 Å². The molecule has 20 heavy (non-hydrogen) atoms. The molecule has 0 aliphatic heterocycles. The van der Waals surface area contributed by atoms with Crippen molar-refractivity contribution in [3.05, 3.63) is 30.3 Å². The van der Waals surface area contributed by atoms with Gasteiger partial charge in [0, 0.05) is 24.8 Å². The highest BCUT2D eigenvalue weighted by Gasteiger charge is 2.36. The number of nitrogens with one attached hydrogen (secondary N) is 1. The van der Waals surface area contributed by atoms with E-state index in [4.69, 9.17) is 4.74 Å². The highest BCUT2D eigenvalue weighted by Crippen LogP contribution is 2.18. The Hall–Kier alpha value is -1.55. The molecule has 1 atom stereocenters. The fourth-order valence-corrected chi connectivity index (χ4v) is 2.44. The van der Waals surface area contributed by atoms with Gasteiger partial charge in [0.1, 0.15) is 5.54 Å². The number of methoxy groups -OCH3 is 1. The van der Waals surface area contributed by atoms with Crippen molar-refractivity contribution in [2.75, 3.05) is 25.1 Å². The molecule has 0 amide bonds. The van der Waals surface area contributed by atoms with E-state index in [0.29, 0.717) is 6.54 Å². The fourth-order valence-electron chi connectivity index (χ4n) is 2.44. The molecule has 0 aromatic heterocycles. The summed E-state index contributed by atoms with van der Waals surface area (Å²) >= 11 is 0. The summed E-state index contributed by atoms with van der Waals surface area (Å²) < 4.78 is 4.97. The van der Waals surface area contributed by atoms with Crippen LogP contribution >= 0.6 is 0 Å². The van der Waals surface area contributed by atoms with Crippen LogP contribution in [0.4, 0.5) is 5.69 Å². The van der Waals surface area contributed by atoms with Crippen molar-refractivity contribution in [1.82, 2.24) is 5.32 Å². The molecule has 1 aromatic carbocycles. The zero-order valence-corrected chi connectivity index (χ0v) is 13.1. The molecule has 0 fully saturated rings. The van der Waals surface area contributed by atoms with Crippen LogP contribution in [0.3, 0.4) is 0 Å². The van der Waals surface area contributed by atoms with E-state index in [2.05, 4.69) is 29.3 Å². The van der Waals surface area contributed by atoms with E-state index in [0.717, 1.165) is 12.2 Å². The van der Waals surface area contributed by atoms with Gasteiger partial charge in [0.25, 0.3) is 0 Å². The van der Waals surface area contributed by atoms with Crippen molar-refractivity contribution < 1.29 is 9.53 Å². The molecule has 0 aliphatic carbocycles. The molecule has 1 aromatic rings. The van der Waals surface area contributed by atoms with Gasteiger partial charge in [-0.3, -0.25) is 5.32 Å². The van der Waals surface area contributed by atoms with Crippen LogP contribution in [-0.4, -0.2) is 37.7 Å². The highest BCUT2D eigenvalue weighted by atomic mass is 16.5. The number of hydrogen-bond donors (Lipinski definition) is 1. The lowest BCUT2D eigenvalue weighted by molar-refractivity contribution is -0.147. The summed E-state index contributed by atoms with van der Waals surface area (Å²) in [4.78, 5) is 14.3. The van der Waals surface area contributed by atoms with Gasteiger partial charge >= 0.3 is 5.97 Å². The second-order valence-corrected chi connectivity index (χ2v) is 5.47. The van der Waals surface area contributed by atoms with E-state index in [1.54, 1.807) is 0 Å². The van der Waals surface area contributed by atoms with E-state index in [9.17, 15) is 4.79 Å². The van der Waals surface area contributed by atoms with Crippen molar-refractivity contribution in [3.8, 4) is 0 Å². The molecule has 1 unspecified atom stereocenters. The number of rotatable bonds is 7. The molecule has 1 rings (SSSR count). The Bertz CT molecular complexity index is 420. The molecular weight excluding hydrogens is 252 g/mol. The molecule has 0 heterocycles. The van der Waals surface area contributed by atoms with E-state index in [1.807, 2.05) is 39.0 Å². The van der Waals surface area contributed by atoms with Crippen molar-refractivity contribution in [1.29, 1.82) is 0 Å². The van der Waals surface area contributed by atoms with Gasteiger partial charge in [-0.15, -0.1) is 0 Å². The van der Waals surface area contributed by atoms with Crippen LogP contribution < -0.4 is 10.2 Å². The summed E-state index contributed by atoms with van der Waals surface area (Å²) in [5, 5.41) is 3.33. The number of hydrogen-bond acceptors (Lipinski definition) is 4. The number of ether oxygens (including phenoxy) is 1. The Morgan fingerprint density at radius 2 is 1.95 bits per heavy atom. The monoisotopic (exact) mass is 278 g/mol. The molecule has 0 saturated heterocycles. The zero-order chi connectivity index (χ0) is 15.2. The summed E-state index contributed by atoms with van der Waals surface area (Å²) in [6, 6.07) is 10.3. The summed E-state index contributed by atoms with van der Waals surface area (Å²) in [6.07, 6.45) is 0. The summed E-state index contributed by atoms with van der Waals surface area (Å²) in [5.74, 6) is -0.236. The summed E-state index contributed by atoms with van der Waals surface area (Å²) in [6.45, 7) is 9.43. The molecule has 112 valence electrons. The molecule has 0 aliphatic rings. The average Bonchev–Trinajstić information content (AvgIpc) is 2.44. The topological polar surface area (TPSA) is 41.6 Å². The summed E-state index contributed by atoms with van der Waals surface area (Å²) in [7, 11) is 1.43. The van der Waals surface area contributed by atoms with Crippen LogP contribution in [-0.2, 0) is 9.53 Å². The van der Waals surface area contributed by atoms with E-state index >= 15 is 0 Å². The standard InChI is InChI=1S/C16H26N2O2/c1-6-18(14-10-8-7-9-11-14)12-16(4,15(19)20-5)17-13(2)3/h7-11,13,17H,6,12H2,1-5H3. The van der Waals surface area contributed by atoms with Crippen LogP contribution in [0, 0.1) is 0 Å². The molecule has 0 radical (unpaired) electrons. The van der Waals surface area contributed by atoms with Gasteiger partial charge in [0.15, 0.2) is 0 Å². The van der Waals surface area contributed by atoms with Gasteiger partial charge in [-0.1, -0.05) is 18.2 Å². The number of likely N-dealkylation sites (N-methyl/N-ethyl adjacent to an activating group) is 1. The smallest absolute Gasteiger partial charge is 0.327 e. The Morgan fingerprint density at radius 3 is 2.40 bits per heavy atom. The third-order valence-corrected chi connectivity index (χ3v) is 3.25. The SMILES string of the molecule is CCN(CC(C)(NC(C)C)C(=O)OC)c1ccccc1. The molecule has 4 nitrogen and oxygen atoms in total. The number of esters is 1. The number of carbonyl (C=O) groups excluding carboxylic acids is 1. The van der Waals surface area contributed by atoms with Crippen LogP contribution in [0.2, 0.25) is 0 Å². The molecule has 0 saturated carbocycles. The first-order valence-corrected chi connectivity index (χ1v) is 7.09. The van der Waals surface area contributed by atoms with Crippen molar-refractivity contribution in [3.63, 3.8) is 0 Å². The zero-order valence-electron chi connectivity index (χ0n) is 13.1. The first-order chi connectivity index (χ1) is 9.42. The number of nitrogens with zero attached hydrogens (tertiary/aromatic N) is 1. The van der Waals surface area contributed by atoms with Crippen LogP contribution in [0.5, 0.6) is 0 Å². The van der Waals surface area contributed by atoms with Gasteiger partial charge in [-0.25, -0.2) is 4.79 Å². The largest absolute Gasteiger partial charge is 0.468 e. The lowest BCUT2D eigenvalue weighted by atomic mass is 10.00. The second-order valence-electron chi connectivity index (χ2n) is 5.47. The minimum absolute atomic E-state index is 0.202. The first-order valence-electron chi connectivity index (χ1n) is 7.09. The predicted molar refractivity (Wildman–Crippen MR) is 83.0 cm³/mol. The molecule has 0 bridgehead atoms. The lowest BCUT2D eigenvalue weighted by Gasteiger charge is -2.36. The maximum Gasteiger partial charge on any atom is 0.327 e.